The average molecular weight is 335 g/mol. The Labute approximate surface area is 142 Å². The second kappa shape index (κ2) is 8.58. The third-order valence-electron chi connectivity index (χ3n) is 4.39. The Morgan fingerprint density at radius 3 is 2.67 bits per heavy atom. The van der Waals surface area contributed by atoms with E-state index in [-0.39, 0.29) is 17.6 Å². The summed E-state index contributed by atoms with van der Waals surface area (Å²) in [6.07, 6.45) is 3.21. The highest BCUT2D eigenvalue weighted by molar-refractivity contribution is 5.78. The third-order valence-corrected chi connectivity index (χ3v) is 4.39. The van der Waals surface area contributed by atoms with Crippen LogP contribution in [0.15, 0.2) is 18.3 Å². The standard InChI is InChI=1S/C16H25N5O3/c1-3-20(4-2)15(22)12-19-10-7-13(8-11-19)18-16-14(21(23)24)6-5-9-17-16/h5-6,9,13H,3-4,7-8,10-12H2,1-2H3,(H,17,18). The van der Waals surface area contributed by atoms with Crippen LogP contribution in [0.25, 0.3) is 0 Å². The Morgan fingerprint density at radius 2 is 2.08 bits per heavy atom. The number of nitrogens with one attached hydrogen (secondary N) is 1. The molecule has 8 nitrogen and oxygen atoms in total. The predicted octanol–water partition coefficient (Wildman–Crippen LogP) is 1.73. The Hall–Kier alpha value is -2.22. The summed E-state index contributed by atoms with van der Waals surface area (Å²) in [5, 5.41) is 14.2. The lowest BCUT2D eigenvalue weighted by molar-refractivity contribution is -0.384. The van der Waals surface area contributed by atoms with Crippen molar-refractivity contribution in [1.29, 1.82) is 0 Å². The van der Waals surface area contributed by atoms with E-state index >= 15 is 0 Å². The van der Waals surface area contributed by atoms with Crippen molar-refractivity contribution in [2.75, 3.05) is 38.0 Å². The fourth-order valence-electron chi connectivity index (χ4n) is 2.95. The lowest BCUT2D eigenvalue weighted by atomic mass is 10.0. The van der Waals surface area contributed by atoms with Crippen molar-refractivity contribution in [1.82, 2.24) is 14.8 Å². The molecular formula is C16H25N5O3. The molecule has 2 heterocycles. The fraction of sp³-hybridized carbons (Fsp3) is 0.625. The number of nitrogens with zero attached hydrogens (tertiary/aromatic N) is 4. The number of aromatic nitrogens is 1. The SMILES string of the molecule is CCN(CC)C(=O)CN1CCC(Nc2ncccc2[N+](=O)[O-])CC1. The molecule has 0 saturated carbocycles. The minimum Gasteiger partial charge on any atom is -0.362 e. The molecule has 1 fully saturated rings. The Balaban J connectivity index is 1.85. The maximum absolute atomic E-state index is 12.1. The first-order chi connectivity index (χ1) is 11.5. The summed E-state index contributed by atoms with van der Waals surface area (Å²) in [5.74, 6) is 0.479. The van der Waals surface area contributed by atoms with Gasteiger partial charge in [0.05, 0.1) is 11.5 Å². The van der Waals surface area contributed by atoms with Crippen LogP contribution in [0.5, 0.6) is 0 Å². The molecule has 0 spiro atoms. The van der Waals surface area contributed by atoms with Crippen LogP contribution < -0.4 is 5.32 Å². The van der Waals surface area contributed by atoms with E-state index in [4.69, 9.17) is 0 Å². The molecule has 1 aromatic heterocycles. The quantitative estimate of drug-likeness (QED) is 0.603. The fourth-order valence-corrected chi connectivity index (χ4v) is 2.95. The zero-order valence-corrected chi connectivity index (χ0v) is 14.3. The number of likely N-dealkylation sites (tertiary alicyclic amines) is 1. The van der Waals surface area contributed by atoms with Gasteiger partial charge in [-0.15, -0.1) is 0 Å². The molecule has 1 aliphatic heterocycles. The highest BCUT2D eigenvalue weighted by atomic mass is 16.6. The van der Waals surface area contributed by atoms with E-state index in [0.29, 0.717) is 12.4 Å². The Bertz CT molecular complexity index is 569. The summed E-state index contributed by atoms with van der Waals surface area (Å²) < 4.78 is 0. The van der Waals surface area contributed by atoms with Gasteiger partial charge in [0.25, 0.3) is 0 Å². The van der Waals surface area contributed by atoms with Crippen LogP contribution in [-0.4, -0.2) is 64.4 Å². The number of hydrogen-bond acceptors (Lipinski definition) is 6. The molecule has 0 aliphatic carbocycles. The molecule has 8 heteroatoms. The first-order valence-corrected chi connectivity index (χ1v) is 8.41. The Morgan fingerprint density at radius 1 is 1.42 bits per heavy atom. The molecule has 132 valence electrons. The second-order valence-electron chi connectivity index (χ2n) is 5.89. The van der Waals surface area contributed by atoms with Gasteiger partial charge >= 0.3 is 5.69 Å². The summed E-state index contributed by atoms with van der Waals surface area (Å²) in [7, 11) is 0. The maximum atomic E-state index is 12.1. The highest BCUT2D eigenvalue weighted by Gasteiger charge is 2.24. The molecule has 0 radical (unpaired) electrons. The summed E-state index contributed by atoms with van der Waals surface area (Å²) in [5.41, 5.74) is -0.00311. The number of rotatable bonds is 7. The molecule has 0 unspecified atom stereocenters. The van der Waals surface area contributed by atoms with Crippen LogP contribution >= 0.6 is 0 Å². The van der Waals surface area contributed by atoms with E-state index in [9.17, 15) is 14.9 Å². The summed E-state index contributed by atoms with van der Waals surface area (Å²) >= 11 is 0. The molecule has 0 bridgehead atoms. The van der Waals surface area contributed by atoms with E-state index in [1.165, 1.54) is 6.07 Å². The predicted molar refractivity (Wildman–Crippen MR) is 91.9 cm³/mol. The summed E-state index contributed by atoms with van der Waals surface area (Å²) in [6.45, 7) is 7.47. The smallest absolute Gasteiger partial charge is 0.311 e. The molecule has 1 saturated heterocycles. The molecule has 0 aromatic carbocycles. The molecule has 2 rings (SSSR count). The van der Waals surface area contributed by atoms with Crippen LogP contribution in [0.3, 0.4) is 0 Å². The van der Waals surface area contributed by atoms with Gasteiger partial charge in [0.2, 0.25) is 11.7 Å². The third kappa shape index (κ3) is 4.64. The van der Waals surface area contributed by atoms with Gasteiger partial charge in [-0.05, 0) is 32.8 Å². The second-order valence-corrected chi connectivity index (χ2v) is 5.89. The number of piperidine rings is 1. The van der Waals surface area contributed by atoms with Gasteiger partial charge in [0.1, 0.15) is 0 Å². The maximum Gasteiger partial charge on any atom is 0.311 e. The molecule has 1 N–H and O–H groups in total. The molecule has 24 heavy (non-hydrogen) atoms. The van der Waals surface area contributed by atoms with Crippen molar-refractivity contribution in [2.24, 2.45) is 0 Å². The van der Waals surface area contributed by atoms with E-state index < -0.39 is 4.92 Å². The molecule has 1 aliphatic rings. The number of carbonyl (C=O) groups excluding carboxylic acids is 1. The van der Waals surface area contributed by atoms with Crippen molar-refractivity contribution in [2.45, 2.75) is 32.7 Å². The van der Waals surface area contributed by atoms with Crippen molar-refractivity contribution in [3.8, 4) is 0 Å². The van der Waals surface area contributed by atoms with Crippen molar-refractivity contribution < 1.29 is 9.72 Å². The van der Waals surface area contributed by atoms with Crippen molar-refractivity contribution in [3.63, 3.8) is 0 Å². The van der Waals surface area contributed by atoms with E-state index in [0.717, 1.165) is 39.0 Å². The number of amides is 1. The molecular weight excluding hydrogens is 310 g/mol. The zero-order chi connectivity index (χ0) is 17.5. The minimum absolute atomic E-state index is 0.00311. The number of carbonyl (C=O) groups is 1. The Kier molecular flexibility index (Phi) is 6.48. The molecule has 0 atom stereocenters. The largest absolute Gasteiger partial charge is 0.362 e. The van der Waals surface area contributed by atoms with Crippen LogP contribution in [-0.2, 0) is 4.79 Å². The lowest BCUT2D eigenvalue weighted by Crippen LogP contribution is -2.45. The van der Waals surface area contributed by atoms with E-state index in [1.54, 1.807) is 12.3 Å². The van der Waals surface area contributed by atoms with Gasteiger partial charge < -0.3 is 10.2 Å². The van der Waals surface area contributed by atoms with Gasteiger partial charge in [0, 0.05) is 44.5 Å². The number of pyridine rings is 1. The first kappa shape index (κ1) is 18.1. The van der Waals surface area contributed by atoms with Gasteiger partial charge in [-0.25, -0.2) is 4.98 Å². The topological polar surface area (TPSA) is 91.6 Å². The minimum atomic E-state index is -0.423. The average Bonchev–Trinajstić information content (AvgIpc) is 2.58. The van der Waals surface area contributed by atoms with Crippen LogP contribution in [0, 0.1) is 10.1 Å². The van der Waals surface area contributed by atoms with Crippen LogP contribution in [0.1, 0.15) is 26.7 Å². The normalized spacial score (nSPS) is 15.9. The number of hydrogen-bond donors (Lipinski definition) is 1. The van der Waals surface area contributed by atoms with Crippen molar-refractivity contribution in [3.05, 3.63) is 28.4 Å². The number of likely N-dealkylation sites (N-methyl/N-ethyl adjacent to an activating group) is 1. The van der Waals surface area contributed by atoms with E-state index in [2.05, 4.69) is 15.2 Å². The number of nitro groups is 1. The van der Waals surface area contributed by atoms with Gasteiger partial charge in [-0.1, -0.05) is 0 Å². The van der Waals surface area contributed by atoms with Crippen LogP contribution in [0.4, 0.5) is 11.5 Å². The highest BCUT2D eigenvalue weighted by Crippen LogP contribution is 2.23. The molecule has 1 amide bonds. The van der Waals surface area contributed by atoms with Gasteiger partial charge in [0.15, 0.2) is 0 Å². The summed E-state index contributed by atoms with van der Waals surface area (Å²) in [6, 6.07) is 3.15. The van der Waals surface area contributed by atoms with Crippen molar-refractivity contribution >= 4 is 17.4 Å². The number of anilines is 1. The molecule has 1 aromatic rings. The van der Waals surface area contributed by atoms with E-state index in [1.807, 2.05) is 18.7 Å². The van der Waals surface area contributed by atoms with Crippen LogP contribution in [0.2, 0.25) is 0 Å². The zero-order valence-electron chi connectivity index (χ0n) is 14.3. The monoisotopic (exact) mass is 335 g/mol. The van der Waals surface area contributed by atoms with Gasteiger partial charge in [-0.3, -0.25) is 19.8 Å². The first-order valence-electron chi connectivity index (χ1n) is 8.41. The van der Waals surface area contributed by atoms with Gasteiger partial charge in [-0.2, -0.15) is 0 Å². The summed E-state index contributed by atoms with van der Waals surface area (Å²) in [4.78, 5) is 30.8. The lowest BCUT2D eigenvalue weighted by Gasteiger charge is -2.33.